The summed E-state index contributed by atoms with van der Waals surface area (Å²) < 4.78 is 15.7. The maximum absolute atomic E-state index is 6.05. The van der Waals surface area contributed by atoms with Gasteiger partial charge < -0.3 is 19.7 Å². The minimum absolute atomic E-state index is 0.244. The largest absolute Gasteiger partial charge is 0.493 e. The highest BCUT2D eigenvalue weighted by atomic mass is 16.5. The van der Waals surface area contributed by atoms with Crippen LogP contribution >= 0.6 is 0 Å². The van der Waals surface area contributed by atoms with Crippen LogP contribution in [0.4, 0.5) is 0 Å². The van der Waals surface area contributed by atoms with Crippen molar-refractivity contribution in [3.05, 3.63) is 24.1 Å². The van der Waals surface area contributed by atoms with Crippen LogP contribution < -0.4 is 15.2 Å². The average molecular weight is 291 g/mol. The van der Waals surface area contributed by atoms with Crippen LogP contribution in [0.2, 0.25) is 0 Å². The zero-order valence-electron chi connectivity index (χ0n) is 12.8. The Hall–Kier alpha value is -2.08. The Morgan fingerprint density at radius 3 is 2.52 bits per heavy atom. The van der Waals surface area contributed by atoms with Gasteiger partial charge in [-0.25, -0.2) is 0 Å². The Bertz CT molecular complexity index is 596. The standard InChI is InChI=1S/C15H21N3O3/c1-9(2)7-11(16)15-17-14(18-21-15)10-5-6-12(19-3)13(8-10)20-4/h5-6,8-9,11H,7,16H2,1-4H3/t11-/m1/s1. The van der Waals surface area contributed by atoms with Gasteiger partial charge in [0, 0.05) is 5.56 Å². The summed E-state index contributed by atoms with van der Waals surface area (Å²) in [7, 11) is 3.18. The Morgan fingerprint density at radius 1 is 1.19 bits per heavy atom. The third-order valence-corrected chi connectivity index (χ3v) is 3.13. The van der Waals surface area contributed by atoms with Gasteiger partial charge in [0.05, 0.1) is 20.3 Å². The monoisotopic (exact) mass is 291 g/mol. The quantitative estimate of drug-likeness (QED) is 0.881. The maximum Gasteiger partial charge on any atom is 0.243 e. The predicted molar refractivity (Wildman–Crippen MR) is 79.2 cm³/mol. The van der Waals surface area contributed by atoms with Gasteiger partial charge in [-0.05, 0) is 30.5 Å². The zero-order chi connectivity index (χ0) is 15.4. The number of benzene rings is 1. The van der Waals surface area contributed by atoms with Crippen LogP contribution in [0.25, 0.3) is 11.4 Å². The van der Waals surface area contributed by atoms with E-state index in [0.29, 0.717) is 29.1 Å². The zero-order valence-corrected chi connectivity index (χ0v) is 12.8. The van der Waals surface area contributed by atoms with Gasteiger partial charge in [0.2, 0.25) is 11.7 Å². The number of nitrogens with zero attached hydrogens (tertiary/aromatic N) is 2. The normalized spacial score (nSPS) is 12.5. The molecule has 6 heteroatoms. The molecule has 2 rings (SSSR count). The van der Waals surface area contributed by atoms with E-state index in [0.717, 1.165) is 12.0 Å². The number of methoxy groups -OCH3 is 2. The lowest BCUT2D eigenvalue weighted by molar-refractivity contribution is 0.335. The Kier molecular flexibility index (Phi) is 4.80. The Labute approximate surface area is 124 Å². The fourth-order valence-electron chi connectivity index (χ4n) is 2.09. The molecule has 0 amide bonds. The molecule has 0 unspecified atom stereocenters. The molecule has 1 aromatic heterocycles. The smallest absolute Gasteiger partial charge is 0.243 e. The highest BCUT2D eigenvalue weighted by Crippen LogP contribution is 2.31. The lowest BCUT2D eigenvalue weighted by Gasteiger charge is -2.08. The molecule has 0 bridgehead atoms. The first kappa shape index (κ1) is 15.3. The third kappa shape index (κ3) is 3.52. The number of aromatic nitrogens is 2. The van der Waals surface area contributed by atoms with Gasteiger partial charge in [-0.15, -0.1) is 0 Å². The SMILES string of the molecule is COc1ccc(-c2noc([C@H](N)CC(C)C)n2)cc1OC. The van der Waals surface area contributed by atoms with E-state index in [1.165, 1.54) is 0 Å². The van der Waals surface area contributed by atoms with Crippen LogP contribution in [0.1, 0.15) is 32.2 Å². The summed E-state index contributed by atoms with van der Waals surface area (Å²) in [5.41, 5.74) is 6.84. The first-order chi connectivity index (χ1) is 10.0. The summed E-state index contributed by atoms with van der Waals surface area (Å²) in [4.78, 5) is 4.37. The fraction of sp³-hybridized carbons (Fsp3) is 0.467. The topological polar surface area (TPSA) is 83.4 Å². The summed E-state index contributed by atoms with van der Waals surface area (Å²) in [5.74, 6) is 2.68. The van der Waals surface area contributed by atoms with Crippen molar-refractivity contribution >= 4 is 0 Å². The molecule has 114 valence electrons. The van der Waals surface area contributed by atoms with E-state index in [1.807, 2.05) is 6.07 Å². The Balaban J connectivity index is 2.25. The molecule has 1 heterocycles. The van der Waals surface area contributed by atoms with Crippen molar-refractivity contribution in [2.75, 3.05) is 14.2 Å². The van der Waals surface area contributed by atoms with Crippen LogP contribution in [0.3, 0.4) is 0 Å². The average Bonchev–Trinajstić information content (AvgIpc) is 2.95. The van der Waals surface area contributed by atoms with E-state index >= 15 is 0 Å². The molecule has 0 spiro atoms. The van der Waals surface area contributed by atoms with E-state index in [1.54, 1.807) is 26.4 Å². The minimum atomic E-state index is -0.244. The molecule has 2 aromatic rings. The summed E-state index contributed by atoms with van der Waals surface area (Å²) >= 11 is 0. The number of rotatable bonds is 6. The third-order valence-electron chi connectivity index (χ3n) is 3.13. The number of hydrogen-bond acceptors (Lipinski definition) is 6. The summed E-state index contributed by atoms with van der Waals surface area (Å²) in [6.45, 7) is 4.21. The summed E-state index contributed by atoms with van der Waals surface area (Å²) in [5, 5.41) is 3.98. The molecule has 0 saturated heterocycles. The molecular formula is C15H21N3O3. The van der Waals surface area contributed by atoms with Crippen molar-refractivity contribution in [3.63, 3.8) is 0 Å². The van der Waals surface area contributed by atoms with Gasteiger partial charge in [-0.2, -0.15) is 4.98 Å². The maximum atomic E-state index is 6.05. The second-order valence-corrected chi connectivity index (χ2v) is 5.26. The Morgan fingerprint density at radius 2 is 1.90 bits per heavy atom. The second kappa shape index (κ2) is 6.58. The van der Waals surface area contributed by atoms with E-state index in [-0.39, 0.29) is 6.04 Å². The second-order valence-electron chi connectivity index (χ2n) is 5.26. The summed E-state index contributed by atoms with van der Waals surface area (Å²) in [6.07, 6.45) is 0.799. The molecule has 0 aliphatic heterocycles. The van der Waals surface area contributed by atoms with Crippen molar-refractivity contribution < 1.29 is 14.0 Å². The van der Waals surface area contributed by atoms with Crippen LogP contribution in [0.15, 0.2) is 22.7 Å². The molecule has 0 aliphatic carbocycles. The van der Waals surface area contributed by atoms with Crippen LogP contribution in [0, 0.1) is 5.92 Å². The molecule has 6 nitrogen and oxygen atoms in total. The van der Waals surface area contributed by atoms with Crippen LogP contribution in [0.5, 0.6) is 11.5 Å². The molecule has 0 aliphatic rings. The highest BCUT2D eigenvalue weighted by molar-refractivity contribution is 5.60. The van der Waals surface area contributed by atoms with Gasteiger partial charge in [0.15, 0.2) is 11.5 Å². The van der Waals surface area contributed by atoms with Crippen molar-refractivity contribution in [1.29, 1.82) is 0 Å². The van der Waals surface area contributed by atoms with Gasteiger partial charge in [-0.1, -0.05) is 19.0 Å². The van der Waals surface area contributed by atoms with E-state index in [9.17, 15) is 0 Å². The molecule has 0 fully saturated rings. The van der Waals surface area contributed by atoms with Crippen molar-refractivity contribution in [2.24, 2.45) is 11.7 Å². The molecule has 2 N–H and O–H groups in total. The van der Waals surface area contributed by atoms with Gasteiger partial charge in [0.1, 0.15) is 0 Å². The highest BCUT2D eigenvalue weighted by Gasteiger charge is 2.17. The lowest BCUT2D eigenvalue weighted by atomic mass is 10.0. The lowest BCUT2D eigenvalue weighted by Crippen LogP contribution is -2.13. The fourth-order valence-corrected chi connectivity index (χ4v) is 2.09. The molecule has 1 aromatic carbocycles. The van der Waals surface area contributed by atoms with E-state index < -0.39 is 0 Å². The van der Waals surface area contributed by atoms with Gasteiger partial charge in [0.25, 0.3) is 0 Å². The first-order valence-corrected chi connectivity index (χ1v) is 6.86. The van der Waals surface area contributed by atoms with Gasteiger partial charge >= 0.3 is 0 Å². The molecule has 0 saturated carbocycles. The number of hydrogen-bond donors (Lipinski definition) is 1. The van der Waals surface area contributed by atoms with Gasteiger partial charge in [-0.3, -0.25) is 0 Å². The van der Waals surface area contributed by atoms with E-state index in [4.69, 9.17) is 19.7 Å². The predicted octanol–water partition coefficient (Wildman–Crippen LogP) is 2.80. The van der Waals surface area contributed by atoms with Crippen molar-refractivity contribution in [1.82, 2.24) is 10.1 Å². The van der Waals surface area contributed by atoms with E-state index in [2.05, 4.69) is 24.0 Å². The molecule has 1 atom stereocenters. The van der Waals surface area contributed by atoms with Crippen molar-refractivity contribution in [3.8, 4) is 22.9 Å². The molecule has 0 radical (unpaired) electrons. The van der Waals surface area contributed by atoms with Crippen LogP contribution in [-0.2, 0) is 0 Å². The molecule has 21 heavy (non-hydrogen) atoms. The molecular weight excluding hydrogens is 270 g/mol. The summed E-state index contributed by atoms with van der Waals surface area (Å²) in [6, 6.07) is 5.22. The number of nitrogens with two attached hydrogens (primary N) is 1. The first-order valence-electron chi connectivity index (χ1n) is 6.86. The number of ether oxygens (including phenoxy) is 2. The van der Waals surface area contributed by atoms with Crippen molar-refractivity contribution in [2.45, 2.75) is 26.3 Å². The van der Waals surface area contributed by atoms with Crippen LogP contribution in [-0.4, -0.2) is 24.4 Å². The minimum Gasteiger partial charge on any atom is -0.493 e.